The number of hydrogen-bond donors (Lipinski definition) is 2. The fourth-order valence-electron chi connectivity index (χ4n) is 2.60. The number of aryl methyl sites for hydroxylation is 1. The lowest BCUT2D eigenvalue weighted by Crippen LogP contribution is -2.49. The molecule has 0 radical (unpaired) electrons. The third-order valence-electron chi connectivity index (χ3n) is 3.61. The van der Waals surface area contributed by atoms with E-state index in [4.69, 9.17) is 5.73 Å². The van der Waals surface area contributed by atoms with Crippen molar-refractivity contribution < 1.29 is 4.79 Å². The predicted octanol–water partition coefficient (Wildman–Crippen LogP) is 1.92. The Balaban J connectivity index is 1.88. The summed E-state index contributed by atoms with van der Waals surface area (Å²) in [6.07, 6.45) is 4.84. The average Bonchev–Trinajstić information content (AvgIpc) is 2.32. The molecule has 3 N–H and O–H groups in total. The second-order valence-corrected chi connectivity index (χ2v) is 5.29. The molecule has 1 amide bonds. The molecule has 98 valence electrons. The largest absolute Gasteiger partial charge is 0.352 e. The van der Waals surface area contributed by atoms with E-state index in [0.29, 0.717) is 6.42 Å². The van der Waals surface area contributed by atoms with Crippen LogP contribution in [0.4, 0.5) is 0 Å². The molecule has 3 heteroatoms. The fraction of sp³-hybridized carbons (Fsp3) is 0.533. The maximum Gasteiger partial charge on any atom is 0.224 e. The Morgan fingerprint density at radius 3 is 2.89 bits per heavy atom. The van der Waals surface area contributed by atoms with Gasteiger partial charge < -0.3 is 11.1 Å². The molecular weight excluding hydrogens is 224 g/mol. The highest BCUT2D eigenvalue weighted by molar-refractivity contribution is 5.79. The first-order valence-corrected chi connectivity index (χ1v) is 6.75. The van der Waals surface area contributed by atoms with Gasteiger partial charge in [0.15, 0.2) is 0 Å². The number of carbonyl (C=O) groups excluding carboxylic acids is 1. The molecule has 2 rings (SSSR count). The molecule has 0 unspecified atom stereocenters. The van der Waals surface area contributed by atoms with Crippen LogP contribution in [0.5, 0.6) is 0 Å². The maximum atomic E-state index is 12.0. The lowest BCUT2D eigenvalue weighted by molar-refractivity contribution is -0.121. The molecule has 1 aliphatic rings. The summed E-state index contributed by atoms with van der Waals surface area (Å²) in [7, 11) is 0. The van der Waals surface area contributed by atoms with E-state index in [1.54, 1.807) is 0 Å². The Hall–Kier alpha value is -1.35. The standard InChI is InChI=1S/C15H22N2O/c1-11-5-4-6-12(9-11)10-15(18)17-14-8-3-2-7-13(14)16/h4-6,9,13-14H,2-3,7-8,10,16H2,1H3,(H,17,18)/t13-,14-/m1/s1. The molecule has 0 aliphatic heterocycles. The zero-order valence-electron chi connectivity index (χ0n) is 11.0. The number of benzene rings is 1. The molecule has 0 bridgehead atoms. The number of carbonyl (C=O) groups is 1. The molecule has 18 heavy (non-hydrogen) atoms. The average molecular weight is 246 g/mol. The Kier molecular flexibility index (Phi) is 4.37. The molecule has 0 saturated heterocycles. The molecule has 0 aromatic heterocycles. The van der Waals surface area contributed by atoms with Gasteiger partial charge in [-0.2, -0.15) is 0 Å². The highest BCUT2D eigenvalue weighted by Gasteiger charge is 2.23. The summed E-state index contributed by atoms with van der Waals surface area (Å²) in [5.74, 6) is 0.0861. The topological polar surface area (TPSA) is 55.1 Å². The Labute approximate surface area is 109 Å². The van der Waals surface area contributed by atoms with Gasteiger partial charge >= 0.3 is 0 Å². The molecule has 1 aromatic rings. The summed E-state index contributed by atoms with van der Waals surface area (Å²) in [5.41, 5.74) is 8.29. The molecule has 2 atom stereocenters. The van der Waals surface area contributed by atoms with Crippen LogP contribution >= 0.6 is 0 Å². The summed E-state index contributed by atoms with van der Waals surface area (Å²) in [6, 6.07) is 8.37. The van der Waals surface area contributed by atoms with Crippen molar-refractivity contribution in [2.75, 3.05) is 0 Å². The monoisotopic (exact) mass is 246 g/mol. The lowest BCUT2D eigenvalue weighted by Gasteiger charge is -2.29. The second-order valence-electron chi connectivity index (χ2n) is 5.29. The van der Waals surface area contributed by atoms with Crippen LogP contribution in [0.25, 0.3) is 0 Å². The minimum atomic E-state index is 0.0861. The second kappa shape index (κ2) is 6.01. The van der Waals surface area contributed by atoms with Crippen molar-refractivity contribution in [3.63, 3.8) is 0 Å². The van der Waals surface area contributed by atoms with Crippen LogP contribution in [0.1, 0.15) is 36.8 Å². The smallest absolute Gasteiger partial charge is 0.224 e. The summed E-state index contributed by atoms with van der Waals surface area (Å²) in [5, 5.41) is 3.07. The first-order valence-electron chi connectivity index (χ1n) is 6.75. The summed E-state index contributed by atoms with van der Waals surface area (Å²) in [4.78, 5) is 12.0. The van der Waals surface area contributed by atoms with Crippen LogP contribution in [0.15, 0.2) is 24.3 Å². The van der Waals surface area contributed by atoms with Gasteiger partial charge in [-0.05, 0) is 25.3 Å². The van der Waals surface area contributed by atoms with Gasteiger partial charge in [0.05, 0.1) is 6.42 Å². The van der Waals surface area contributed by atoms with Crippen LogP contribution in [0, 0.1) is 6.92 Å². The van der Waals surface area contributed by atoms with Gasteiger partial charge in [-0.25, -0.2) is 0 Å². The van der Waals surface area contributed by atoms with Crippen molar-refractivity contribution in [3.05, 3.63) is 35.4 Å². The fourth-order valence-corrected chi connectivity index (χ4v) is 2.60. The highest BCUT2D eigenvalue weighted by Crippen LogP contribution is 2.17. The minimum Gasteiger partial charge on any atom is -0.352 e. The Morgan fingerprint density at radius 1 is 1.39 bits per heavy atom. The van der Waals surface area contributed by atoms with E-state index in [1.165, 1.54) is 18.4 Å². The van der Waals surface area contributed by atoms with E-state index < -0.39 is 0 Å². The van der Waals surface area contributed by atoms with Crippen LogP contribution in [0.2, 0.25) is 0 Å². The number of hydrogen-bond acceptors (Lipinski definition) is 2. The molecule has 1 saturated carbocycles. The highest BCUT2D eigenvalue weighted by atomic mass is 16.1. The van der Waals surface area contributed by atoms with Crippen molar-refractivity contribution in [1.29, 1.82) is 0 Å². The zero-order chi connectivity index (χ0) is 13.0. The normalized spacial score (nSPS) is 23.7. The molecule has 1 aliphatic carbocycles. The Morgan fingerprint density at radius 2 is 2.17 bits per heavy atom. The van der Waals surface area contributed by atoms with Crippen molar-refractivity contribution in [1.82, 2.24) is 5.32 Å². The maximum absolute atomic E-state index is 12.0. The third kappa shape index (κ3) is 3.57. The van der Waals surface area contributed by atoms with Gasteiger partial charge in [0, 0.05) is 12.1 Å². The predicted molar refractivity (Wildman–Crippen MR) is 73.3 cm³/mol. The summed E-state index contributed by atoms with van der Waals surface area (Å²) < 4.78 is 0. The summed E-state index contributed by atoms with van der Waals surface area (Å²) in [6.45, 7) is 2.04. The van der Waals surface area contributed by atoms with Crippen molar-refractivity contribution >= 4 is 5.91 Å². The van der Waals surface area contributed by atoms with E-state index in [0.717, 1.165) is 18.4 Å². The number of rotatable bonds is 3. The number of nitrogens with two attached hydrogens (primary N) is 1. The zero-order valence-corrected chi connectivity index (χ0v) is 11.0. The first-order chi connectivity index (χ1) is 8.65. The van der Waals surface area contributed by atoms with Crippen molar-refractivity contribution in [2.24, 2.45) is 5.73 Å². The molecule has 0 heterocycles. The SMILES string of the molecule is Cc1cccc(CC(=O)N[C@@H]2CCCC[C@H]2N)c1. The minimum absolute atomic E-state index is 0.0861. The van der Waals surface area contributed by atoms with E-state index in [-0.39, 0.29) is 18.0 Å². The van der Waals surface area contributed by atoms with E-state index in [9.17, 15) is 4.79 Å². The van der Waals surface area contributed by atoms with Crippen molar-refractivity contribution in [3.8, 4) is 0 Å². The van der Waals surface area contributed by atoms with Gasteiger partial charge in [0.25, 0.3) is 0 Å². The van der Waals surface area contributed by atoms with E-state index >= 15 is 0 Å². The Bertz CT molecular complexity index is 417. The van der Waals surface area contributed by atoms with E-state index in [1.807, 2.05) is 25.1 Å². The first kappa shape index (κ1) is 13.1. The van der Waals surface area contributed by atoms with Gasteiger partial charge in [-0.15, -0.1) is 0 Å². The van der Waals surface area contributed by atoms with Gasteiger partial charge in [0.1, 0.15) is 0 Å². The van der Waals surface area contributed by atoms with Gasteiger partial charge in [-0.3, -0.25) is 4.79 Å². The van der Waals surface area contributed by atoms with Crippen LogP contribution in [0.3, 0.4) is 0 Å². The van der Waals surface area contributed by atoms with Crippen LogP contribution < -0.4 is 11.1 Å². The quantitative estimate of drug-likeness (QED) is 0.856. The molecule has 1 fully saturated rings. The summed E-state index contributed by atoms with van der Waals surface area (Å²) >= 11 is 0. The van der Waals surface area contributed by atoms with Gasteiger partial charge in [0.2, 0.25) is 5.91 Å². The lowest BCUT2D eigenvalue weighted by atomic mass is 9.91. The van der Waals surface area contributed by atoms with Crippen molar-refractivity contribution in [2.45, 2.75) is 51.1 Å². The van der Waals surface area contributed by atoms with E-state index in [2.05, 4.69) is 11.4 Å². The third-order valence-corrected chi connectivity index (χ3v) is 3.61. The van der Waals surface area contributed by atoms with Crippen LogP contribution in [-0.2, 0) is 11.2 Å². The molecule has 3 nitrogen and oxygen atoms in total. The molecule has 0 spiro atoms. The number of amides is 1. The van der Waals surface area contributed by atoms with Crippen LogP contribution in [-0.4, -0.2) is 18.0 Å². The number of nitrogens with one attached hydrogen (secondary N) is 1. The molecular formula is C15H22N2O. The van der Waals surface area contributed by atoms with Gasteiger partial charge in [-0.1, -0.05) is 42.7 Å². The molecule has 1 aromatic carbocycles.